The highest BCUT2D eigenvalue weighted by molar-refractivity contribution is 5.20. The molecule has 0 aliphatic rings. The molecule has 1 atom stereocenters. The van der Waals surface area contributed by atoms with E-state index < -0.39 is 6.10 Å². The number of rotatable bonds is 2. The number of pyridine rings is 1. The summed E-state index contributed by atoms with van der Waals surface area (Å²) in [7, 11) is 0. The van der Waals surface area contributed by atoms with E-state index in [1.165, 1.54) is 0 Å². The summed E-state index contributed by atoms with van der Waals surface area (Å²) in [4.78, 5) is 3.96. The van der Waals surface area contributed by atoms with Gasteiger partial charge in [0.15, 0.2) is 0 Å². The third kappa shape index (κ3) is 2.04. The van der Waals surface area contributed by atoms with Crippen molar-refractivity contribution < 1.29 is 5.11 Å². The molecule has 0 aliphatic carbocycles. The lowest BCUT2D eigenvalue weighted by molar-refractivity contribution is 0.194. The molecule has 1 rings (SSSR count). The van der Waals surface area contributed by atoms with Crippen molar-refractivity contribution in [3.05, 3.63) is 29.6 Å². The molecule has 0 saturated carbocycles. The Morgan fingerprint density at radius 2 is 2.50 bits per heavy atom. The molecule has 0 bridgehead atoms. The maximum atomic E-state index is 9.17. The molecule has 1 heterocycles. The van der Waals surface area contributed by atoms with Gasteiger partial charge < -0.3 is 5.11 Å². The van der Waals surface area contributed by atoms with Crippen LogP contribution in [0.15, 0.2) is 18.3 Å². The normalized spacial score (nSPS) is 12.1. The summed E-state index contributed by atoms with van der Waals surface area (Å²) < 4.78 is 0. The molecule has 0 aliphatic heterocycles. The predicted molar refractivity (Wildman–Crippen MR) is 44.2 cm³/mol. The van der Waals surface area contributed by atoms with E-state index in [0.29, 0.717) is 12.1 Å². The summed E-state index contributed by atoms with van der Waals surface area (Å²) in [5.41, 5.74) is 1.51. The van der Waals surface area contributed by atoms with Crippen molar-refractivity contribution in [3.63, 3.8) is 0 Å². The topological polar surface area (TPSA) is 56.9 Å². The van der Waals surface area contributed by atoms with Gasteiger partial charge in [-0.2, -0.15) is 5.26 Å². The second kappa shape index (κ2) is 3.84. The number of hydrogen-bond donors (Lipinski definition) is 1. The number of aromatic nitrogens is 1. The van der Waals surface area contributed by atoms with Gasteiger partial charge in [-0.25, -0.2) is 0 Å². The molecule has 1 N–H and O–H groups in total. The third-order valence-electron chi connectivity index (χ3n) is 1.56. The molecule has 12 heavy (non-hydrogen) atoms. The van der Waals surface area contributed by atoms with Crippen LogP contribution in [0, 0.1) is 11.3 Å². The fourth-order valence-corrected chi connectivity index (χ4v) is 0.924. The quantitative estimate of drug-likeness (QED) is 0.710. The molecule has 1 unspecified atom stereocenters. The number of hydrogen-bond acceptors (Lipinski definition) is 3. The van der Waals surface area contributed by atoms with Crippen molar-refractivity contribution in [3.8, 4) is 6.07 Å². The zero-order valence-corrected chi connectivity index (χ0v) is 6.86. The number of nitriles is 1. The van der Waals surface area contributed by atoms with Crippen LogP contribution >= 0.6 is 0 Å². The molecule has 62 valence electrons. The molecular formula is C9H10N2O. The SMILES string of the molecule is CC(O)c1cc(CC#N)ccn1. The average Bonchev–Trinajstić information content (AvgIpc) is 2.05. The Kier molecular flexibility index (Phi) is 2.78. The van der Waals surface area contributed by atoms with Gasteiger partial charge in [0.2, 0.25) is 0 Å². The molecule has 1 aromatic rings. The van der Waals surface area contributed by atoms with Crippen molar-refractivity contribution in [1.29, 1.82) is 5.26 Å². The monoisotopic (exact) mass is 162 g/mol. The maximum absolute atomic E-state index is 9.17. The smallest absolute Gasteiger partial charge is 0.0931 e. The highest BCUT2D eigenvalue weighted by Gasteiger charge is 2.02. The van der Waals surface area contributed by atoms with E-state index in [9.17, 15) is 5.11 Å². The second-order valence-electron chi connectivity index (χ2n) is 2.60. The molecular weight excluding hydrogens is 152 g/mol. The Balaban J connectivity index is 2.90. The number of nitrogens with zero attached hydrogens (tertiary/aromatic N) is 2. The van der Waals surface area contributed by atoms with Crippen LogP contribution in [-0.4, -0.2) is 10.1 Å². The van der Waals surface area contributed by atoms with Gasteiger partial charge >= 0.3 is 0 Å². The summed E-state index contributed by atoms with van der Waals surface area (Å²) in [6, 6.07) is 5.56. The second-order valence-corrected chi connectivity index (χ2v) is 2.60. The van der Waals surface area contributed by atoms with Gasteiger partial charge in [0.1, 0.15) is 0 Å². The summed E-state index contributed by atoms with van der Waals surface area (Å²) in [5.74, 6) is 0. The van der Waals surface area contributed by atoms with Crippen LogP contribution in [0.25, 0.3) is 0 Å². The van der Waals surface area contributed by atoms with Crippen molar-refractivity contribution in [2.45, 2.75) is 19.4 Å². The molecule has 1 aromatic heterocycles. The van der Waals surface area contributed by atoms with Crippen LogP contribution in [0.3, 0.4) is 0 Å². The highest BCUT2D eigenvalue weighted by Crippen LogP contribution is 2.10. The largest absolute Gasteiger partial charge is 0.387 e. The Bertz CT molecular complexity index is 302. The summed E-state index contributed by atoms with van der Waals surface area (Å²) >= 11 is 0. The first-order valence-corrected chi connectivity index (χ1v) is 3.74. The molecule has 0 aromatic carbocycles. The fourth-order valence-electron chi connectivity index (χ4n) is 0.924. The summed E-state index contributed by atoms with van der Waals surface area (Å²) in [6.07, 6.45) is 1.40. The van der Waals surface area contributed by atoms with Crippen LogP contribution in [0.1, 0.15) is 24.3 Å². The molecule has 0 radical (unpaired) electrons. The van der Waals surface area contributed by atoms with Gasteiger partial charge in [0.05, 0.1) is 24.3 Å². The van der Waals surface area contributed by atoms with E-state index in [0.717, 1.165) is 5.56 Å². The van der Waals surface area contributed by atoms with Crippen molar-refractivity contribution >= 4 is 0 Å². The van der Waals surface area contributed by atoms with Crippen molar-refractivity contribution in [2.75, 3.05) is 0 Å². The van der Waals surface area contributed by atoms with Gasteiger partial charge in [0.25, 0.3) is 0 Å². The van der Waals surface area contributed by atoms with Gasteiger partial charge in [-0.3, -0.25) is 4.98 Å². The third-order valence-corrected chi connectivity index (χ3v) is 1.56. The lowest BCUT2D eigenvalue weighted by Gasteiger charge is -2.03. The number of aliphatic hydroxyl groups is 1. The Morgan fingerprint density at radius 1 is 1.75 bits per heavy atom. The molecule has 3 heteroatoms. The van der Waals surface area contributed by atoms with Crippen LogP contribution in [-0.2, 0) is 6.42 Å². The highest BCUT2D eigenvalue weighted by atomic mass is 16.3. The van der Waals surface area contributed by atoms with Gasteiger partial charge in [-0.15, -0.1) is 0 Å². The standard InChI is InChI=1S/C9H10N2O/c1-7(12)9-6-8(2-4-10)3-5-11-9/h3,5-7,12H,2H2,1H3. The van der Waals surface area contributed by atoms with E-state index in [-0.39, 0.29) is 0 Å². The molecule has 0 fully saturated rings. The lowest BCUT2D eigenvalue weighted by Crippen LogP contribution is -1.96. The zero-order chi connectivity index (χ0) is 8.97. The first-order valence-electron chi connectivity index (χ1n) is 3.74. The molecule has 3 nitrogen and oxygen atoms in total. The van der Waals surface area contributed by atoms with Gasteiger partial charge in [-0.05, 0) is 24.6 Å². The molecule has 0 spiro atoms. The minimum atomic E-state index is -0.566. The first-order chi connectivity index (χ1) is 5.74. The summed E-state index contributed by atoms with van der Waals surface area (Å²) in [5, 5.41) is 17.6. The Labute approximate surface area is 71.3 Å². The maximum Gasteiger partial charge on any atom is 0.0931 e. The molecule has 0 saturated heterocycles. The average molecular weight is 162 g/mol. The van der Waals surface area contributed by atoms with E-state index in [1.807, 2.05) is 6.07 Å². The van der Waals surface area contributed by atoms with Crippen LogP contribution in [0.5, 0.6) is 0 Å². The summed E-state index contributed by atoms with van der Waals surface area (Å²) in [6.45, 7) is 1.65. The van der Waals surface area contributed by atoms with E-state index in [2.05, 4.69) is 4.98 Å². The predicted octanol–water partition coefficient (Wildman–Crippen LogP) is 1.20. The van der Waals surface area contributed by atoms with E-state index >= 15 is 0 Å². The Hall–Kier alpha value is -1.40. The van der Waals surface area contributed by atoms with Crippen molar-refractivity contribution in [1.82, 2.24) is 4.98 Å². The van der Waals surface area contributed by atoms with Crippen LogP contribution in [0.4, 0.5) is 0 Å². The van der Waals surface area contributed by atoms with E-state index in [4.69, 9.17) is 5.26 Å². The zero-order valence-electron chi connectivity index (χ0n) is 6.86. The van der Waals surface area contributed by atoms with Gasteiger partial charge in [-0.1, -0.05) is 0 Å². The minimum absolute atomic E-state index is 0.363. The van der Waals surface area contributed by atoms with Crippen LogP contribution < -0.4 is 0 Å². The minimum Gasteiger partial charge on any atom is -0.387 e. The fraction of sp³-hybridized carbons (Fsp3) is 0.333. The number of aliphatic hydroxyl groups excluding tert-OH is 1. The van der Waals surface area contributed by atoms with Crippen LogP contribution in [0.2, 0.25) is 0 Å². The van der Waals surface area contributed by atoms with Crippen molar-refractivity contribution in [2.24, 2.45) is 0 Å². The van der Waals surface area contributed by atoms with Gasteiger partial charge in [0, 0.05) is 6.20 Å². The first kappa shape index (κ1) is 8.69. The Morgan fingerprint density at radius 3 is 3.08 bits per heavy atom. The molecule has 0 amide bonds. The lowest BCUT2D eigenvalue weighted by atomic mass is 10.1. The van der Waals surface area contributed by atoms with E-state index in [1.54, 1.807) is 25.3 Å².